The zero-order chi connectivity index (χ0) is 19.6. The van der Waals surface area contributed by atoms with Gasteiger partial charge in [0.1, 0.15) is 4.21 Å². The average Bonchev–Trinajstić information content (AvgIpc) is 3.01. The summed E-state index contributed by atoms with van der Waals surface area (Å²) in [6, 6.07) is 9.04. The molecule has 0 atom stereocenters. The van der Waals surface area contributed by atoms with Gasteiger partial charge < -0.3 is 5.32 Å². The van der Waals surface area contributed by atoms with Gasteiger partial charge in [-0.2, -0.15) is 4.31 Å². The normalized spacial score (nSPS) is 16.4. The molecular weight excluding hydrogens is 406 g/mol. The lowest BCUT2D eigenvalue weighted by molar-refractivity contribution is -0.117. The summed E-state index contributed by atoms with van der Waals surface area (Å²) in [7, 11) is -3.51. The van der Waals surface area contributed by atoms with E-state index in [0.29, 0.717) is 30.5 Å². The summed E-state index contributed by atoms with van der Waals surface area (Å²) in [4.78, 5) is 14.3. The number of hydrogen-bond acceptors (Lipinski definition) is 5. The molecule has 1 saturated heterocycles. The van der Waals surface area contributed by atoms with Gasteiger partial charge in [-0.05, 0) is 49.2 Å². The number of halogens is 1. The molecular formula is C18H22ClN3O3S2. The van der Waals surface area contributed by atoms with Crippen molar-refractivity contribution >= 4 is 44.6 Å². The Labute approximate surface area is 168 Å². The Hall–Kier alpha value is -1.45. The Morgan fingerprint density at radius 1 is 1.11 bits per heavy atom. The van der Waals surface area contributed by atoms with Crippen LogP contribution >= 0.6 is 22.9 Å². The molecule has 0 spiro atoms. The van der Waals surface area contributed by atoms with Crippen molar-refractivity contribution in [2.45, 2.75) is 18.1 Å². The molecule has 1 amide bonds. The minimum absolute atomic E-state index is 0.0960. The number of carbonyl (C=O) groups is 1. The Morgan fingerprint density at radius 3 is 2.30 bits per heavy atom. The fourth-order valence-electron chi connectivity index (χ4n) is 3.14. The van der Waals surface area contributed by atoms with Crippen LogP contribution in [0.5, 0.6) is 0 Å². The van der Waals surface area contributed by atoms with E-state index in [1.54, 1.807) is 6.07 Å². The molecule has 1 aliphatic rings. The Morgan fingerprint density at radius 2 is 1.74 bits per heavy atom. The van der Waals surface area contributed by atoms with E-state index in [0.717, 1.165) is 28.2 Å². The second-order valence-corrected chi connectivity index (χ2v) is 10.5. The molecule has 2 aromatic rings. The molecule has 146 valence electrons. The second kappa shape index (κ2) is 8.28. The maximum absolute atomic E-state index is 12.6. The predicted molar refractivity (Wildman–Crippen MR) is 109 cm³/mol. The van der Waals surface area contributed by atoms with Gasteiger partial charge in [0.2, 0.25) is 5.91 Å². The van der Waals surface area contributed by atoms with Crippen LogP contribution in [0.1, 0.15) is 11.1 Å². The van der Waals surface area contributed by atoms with E-state index in [1.807, 2.05) is 30.9 Å². The van der Waals surface area contributed by atoms with Crippen molar-refractivity contribution in [3.8, 4) is 0 Å². The smallest absolute Gasteiger partial charge is 0.252 e. The second-order valence-electron chi connectivity index (χ2n) is 6.66. The highest BCUT2D eigenvalue weighted by molar-refractivity contribution is 7.91. The molecule has 1 aromatic carbocycles. The zero-order valence-corrected chi connectivity index (χ0v) is 17.6. The molecule has 27 heavy (non-hydrogen) atoms. The first kappa shape index (κ1) is 20.3. The van der Waals surface area contributed by atoms with Gasteiger partial charge in [0.05, 0.1) is 10.9 Å². The molecule has 1 aliphatic heterocycles. The Kier molecular flexibility index (Phi) is 6.22. The number of anilines is 1. The van der Waals surface area contributed by atoms with Crippen LogP contribution in [-0.2, 0) is 14.8 Å². The molecule has 0 radical (unpaired) electrons. The number of hydrogen-bond donors (Lipinski definition) is 1. The molecule has 3 rings (SSSR count). The van der Waals surface area contributed by atoms with Crippen molar-refractivity contribution in [2.75, 3.05) is 38.0 Å². The standard InChI is InChI=1S/C18H22ClN3O3S2/c1-13-9-14(2)11-15(10-13)20-17(23)12-21-5-7-22(8-6-21)27(24,25)18-4-3-16(19)26-18/h3-4,9-11H,5-8,12H2,1-2H3,(H,20,23). The molecule has 0 aliphatic carbocycles. The number of piperazine rings is 1. The zero-order valence-electron chi connectivity index (χ0n) is 15.2. The number of carbonyl (C=O) groups excluding carboxylic acids is 1. The van der Waals surface area contributed by atoms with Crippen molar-refractivity contribution in [1.29, 1.82) is 0 Å². The van der Waals surface area contributed by atoms with Crippen LogP contribution in [0.25, 0.3) is 0 Å². The third-order valence-corrected chi connectivity index (χ3v) is 7.94. The van der Waals surface area contributed by atoms with E-state index in [9.17, 15) is 13.2 Å². The minimum atomic E-state index is -3.51. The van der Waals surface area contributed by atoms with Gasteiger partial charge in [-0.3, -0.25) is 9.69 Å². The van der Waals surface area contributed by atoms with E-state index in [2.05, 4.69) is 11.4 Å². The van der Waals surface area contributed by atoms with Crippen LogP contribution in [0, 0.1) is 13.8 Å². The monoisotopic (exact) mass is 427 g/mol. The highest BCUT2D eigenvalue weighted by Gasteiger charge is 2.30. The molecule has 1 aromatic heterocycles. The fraction of sp³-hybridized carbons (Fsp3) is 0.389. The third kappa shape index (κ3) is 5.08. The molecule has 6 nitrogen and oxygen atoms in total. The van der Waals surface area contributed by atoms with Crippen LogP contribution in [0.3, 0.4) is 0 Å². The molecule has 1 fully saturated rings. The first-order valence-electron chi connectivity index (χ1n) is 8.60. The van der Waals surface area contributed by atoms with Crippen molar-refractivity contribution in [3.63, 3.8) is 0 Å². The highest BCUT2D eigenvalue weighted by Crippen LogP contribution is 2.28. The van der Waals surface area contributed by atoms with Crippen molar-refractivity contribution < 1.29 is 13.2 Å². The van der Waals surface area contributed by atoms with E-state index >= 15 is 0 Å². The lowest BCUT2D eigenvalue weighted by atomic mass is 10.1. The molecule has 1 N–H and O–H groups in total. The van der Waals surface area contributed by atoms with Crippen LogP contribution in [0.4, 0.5) is 5.69 Å². The number of sulfonamides is 1. The number of thiophene rings is 1. The van der Waals surface area contributed by atoms with Gasteiger partial charge >= 0.3 is 0 Å². The van der Waals surface area contributed by atoms with Gasteiger partial charge in [0.15, 0.2) is 0 Å². The Balaban J connectivity index is 1.54. The van der Waals surface area contributed by atoms with Crippen molar-refractivity contribution in [3.05, 3.63) is 45.8 Å². The number of rotatable bonds is 5. The topological polar surface area (TPSA) is 69.7 Å². The van der Waals surface area contributed by atoms with E-state index < -0.39 is 10.0 Å². The van der Waals surface area contributed by atoms with Gasteiger partial charge in [-0.1, -0.05) is 17.7 Å². The predicted octanol–water partition coefficient (Wildman–Crippen LogP) is 2.96. The molecule has 9 heteroatoms. The lowest BCUT2D eigenvalue weighted by Gasteiger charge is -2.33. The summed E-state index contributed by atoms with van der Waals surface area (Å²) in [6.45, 7) is 5.96. The maximum atomic E-state index is 12.6. The van der Waals surface area contributed by atoms with Gasteiger partial charge in [-0.25, -0.2) is 8.42 Å². The van der Waals surface area contributed by atoms with Crippen LogP contribution in [-0.4, -0.2) is 56.3 Å². The quantitative estimate of drug-likeness (QED) is 0.796. The molecule has 0 unspecified atom stereocenters. The summed E-state index contributed by atoms with van der Waals surface area (Å²) < 4.78 is 27.4. The molecule has 0 bridgehead atoms. The fourth-order valence-corrected chi connectivity index (χ4v) is 6.20. The van der Waals surface area contributed by atoms with Gasteiger partial charge in [0.25, 0.3) is 10.0 Å². The largest absolute Gasteiger partial charge is 0.325 e. The number of benzene rings is 1. The van der Waals surface area contributed by atoms with E-state index in [1.165, 1.54) is 10.4 Å². The van der Waals surface area contributed by atoms with Gasteiger partial charge in [0, 0.05) is 31.9 Å². The lowest BCUT2D eigenvalue weighted by Crippen LogP contribution is -2.50. The summed E-state index contributed by atoms with van der Waals surface area (Å²) in [6.07, 6.45) is 0. The number of nitrogens with one attached hydrogen (secondary N) is 1. The first-order chi connectivity index (χ1) is 12.7. The van der Waals surface area contributed by atoms with Gasteiger partial charge in [-0.15, -0.1) is 11.3 Å². The molecule has 0 saturated carbocycles. The van der Waals surface area contributed by atoms with E-state index in [4.69, 9.17) is 11.6 Å². The number of nitrogens with zero attached hydrogens (tertiary/aromatic N) is 2. The molecule has 2 heterocycles. The Bertz CT molecular complexity index is 915. The number of amides is 1. The van der Waals surface area contributed by atoms with Crippen LogP contribution in [0.15, 0.2) is 34.5 Å². The van der Waals surface area contributed by atoms with Crippen molar-refractivity contribution in [2.24, 2.45) is 0 Å². The van der Waals surface area contributed by atoms with Crippen LogP contribution < -0.4 is 5.32 Å². The first-order valence-corrected chi connectivity index (χ1v) is 11.2. The summed E-state index contributed by atoms with van der Waals surface area (Å²) in [5.41, 5.74) is 2.98. The average molecular weight is 428 g/mol. The van der Waals surface area contributed by atoms with Crippen LogP contribution in [0.2, 0.25) is 4.34 Å². The SMILES string of the molecule is Cc1cc(C)cc(NC(=O)CN2CCN(S(=O)(=O)c3ccc(Cl)s3)CC2)c1. The summed E-state index contributed by atoms with van der Waals surface area (Å²) >= 11 is 6.92. The minimum Gasteiger partial charge on any atom is -0.325 e. The summed E-state index contributed by atoms with van der Waals surface area (Å²) in [5, 5.41) is 2.92. The highest BCUT2D eigenvalue weighted by atomic mass is 35.5. The van der Waals surface area contributed by atoms with E-state index in [-0.39, 0.29) is 16.7 Å². The summed E-state index contributed by atoms with van der Waals surface area (Å²) in [5.74, 6) is -0.0960. The third-order valence-electron chi connectivity index (χ3n) is 4.35. The van der Waals surface area contributed by atoms with Crippen molar-refractivity contribution in [1.82, 2.24) is 9.21 Å². The maximum Gasteiger partial charge on any atom is 0.252 e. The number of aryl methyl sites for hydroxylation is 2.